The highest BCUT2D eigenvalue weighted by Gasteiger charge is 2.22. The number of halogens is 1. The number of rotatable bonds is 4. The fraction of sp³-hybridized carbons (Fsp3) is 0.600. The van der Waals surface area contributed by atoms with Crippen molar-refractivity contribution in [2.45, 2.75) is 24.6 Å². The molecule has 0 saturated heterocycles. The molecule has 1 rings (SSSR count). The van der Waals surface area contributed by atoms with Crippen LogP contribution in [0.5, 0.6) is 0 Å². The lowest BCUT2D eigenvalue weighted by molar-refractivity contribution is -0.122. The number of alkyl halides is 1. The first kappa shape index (κ1) is 12.2. The highest BCUT2D eigenvalue weighted by atomic mass is 79.9. The van der Waals surface area contributed by atoms with Crippen molar-refractivity contribution in [2.75, 3.05) is 6.54 Å². The molecule has 0 aromatic carbocycles. The number of hydrogen-bond acceptors (Lipinski definition) is 2. The summed E-state index contributed by atoms with van der Waals surface area (Å²) in [4.78, 5) is 15.7. The monoisotopic (exact) mass is 273 g/mol. The third kappa shape index (κ3) is 3.66. The van der Waals surface area contributed by atoms with E-state index in [9.17, 15) is 4.79 Å². The molecule has 0 radical (unpaired) electrons. The quantitative estimate of drug-likeness (QED) is 0.840. The first-order valence-corrected chi connectivity index (χ1v) is 5.64. The second-order valence-corrected chi connectivity index (χ2v) is 5.92. The van der Waals surface area contributed by atoms with Gasteiger partial charge in [0.25, 0.3) is 0 Å². The first-order chi connectivity index (χ1) is 6.91. The first-order valence-electron chi connectivity index (χ1n) is 4.84. The minimum Gasteiger partial charge on any atom is -0.354 e. The van der Waals surface area contributed by atoms with Crippen LogP contribution in [0.25, 0.3) is 0 Å². The zero-order valence-corrected chi connectivity index (χ0v) is 10.8. The average Bonchev–Trinajstić information content (AvgIpc) is 2.50. The van der Waals surface area contributed by atoms with Gasteiger partial charge < -0.3 is 9.88 Å². The average molecular weight is 274 g/mol. The van der Waals surface area contributed by atoms with Gasteiger partial charge in [-0.2, -0.15) is 0 Å². The number of carbonyl (C=O) groups is 1. The Labute approximate surface area is 98.2 Å². The summed E-state index contributed by atoms with van der Waals surface area (Å²) in [6.45, 7) is 4.25. The number of imidazole rings is 1. The molecule has 84 valence electrons. The molecular formula is C10H16BrN3O. The van der Waals surface area contributed by atoms with E-state index in [1.54, 1.807) is 6.20 Å². The fourth-order valence-corrected chi connectivity index (χ4v) is 1.28. The number of nitrogens with zero attached hydrogens (tertiary/aromatic N) is 2. The minimum absolute atomic E-state index is 0.00305. The van der Waals surface area contributed by atoms with Crippen LogP contribution >= 0.6 is 15.9 Å². The van der Waals surface area contributed by atoms with Crippen molar-refractivity contribution in [3.05, 3.63) is 18.2 Å². The van der Waals surface area contributed by atoms with Gasteiger partial charge in [-0.15, -0.1) is 0 Å². The van der Waals surface area contributed by atoms with Crippen LogP contribution in [0.4, 0.5) is 0 Å². The molecule has 0 unspecified atom stereocenters. The Morgan fingerprint density at radius 2 is 2.33 bits per heavy atom. The molecule has 0 spiro atoms. The molecule has 0 bridgehead atoms. The van der Waals surface area contributed by atoms with E-state index < -0.39 is 4.32 Å². The van der Waals surface area contributed by atoms with Gasteiger partial charge in [0.05, 0.1) is 4.32 Å². The maximum Gasteiger partial charge on any atom is 0.236 e. The number of nitrogens with one attached hydrogen (secondary N) is 1. The topological polar surface area (TPSA) is 46.9 Å². The summed E-state index contributed by atoms with van der Waals surface area (Å²) in [5.74, 6) is 0.972. The lowest BCUT2D eigenvalue weighted by atomic mass is 10.2. The van der Waals surface area contributed by atoms with E-state index in [2.05, 4.69) is 26.2 Å². The fourth-order valence-electron chi connectivity index (χ4n) is 1.14. The van der Waals surface area contributed by atoms with Crippen molar-refractivity contribution in [1.82, 2.24) is 14.9 Å². The third-order valence-electron chi connectivity index (χ3n) is 2.10. The van der Waals surface area contributed by atoms with Crippen molar-refractivity contribution in [3.8, 4) is 0 Å². The number of hydrogen-bond donors (Lipinski definition) is 1. The number of amides is 1. The van der Waals surface area contributed by atoms with E-state index >= 15 is 0 Å². The highest BCUT2D eigenvalue weighted by Crippen LogP contribution is 2.14. The zero-order valence-electron chi connectivity index (χ0n) is 9.25. The van der Waals surface area contributed by atoms with Gasteiger partial charge in [0.2, 0.25) is 5.91 Å². The van der Waals surface area contributed by atoms with E-state index in [1.807, 2.05) is 31.7 Å². The normalized spacial score (nSPS) is 11.5. The summed E-state index contributed by atoms with van der Waals surface area (Å²) in [5.41, 5.74) is 0. The molecule has 1 heterocycles. The Balaban J connectivity index is 2.35. The van der Waals surface area contributed by atoms with Crippen LogP contribution in [-0.2, 0) is 18.3 Å². The van der Waals surface area contributed by atoms with Crippen LogP contribution in [0.2, 0.25) is 0 Å². The maximum atomic E-state index is 11.5. The highest BCUT2D eigenvalue weighted by molar-refractivity contribution is 9.10. The smallest absolute Gasteiger partial charge is 0.236 e. The standard InChI is InChI=1S/C10H16BrN3O/c1-10(2,11)9(15)13-5-4-8-12-6-7-14(8)3/h6-7H,4-5H2,1-3H3,(H,13,15). The van der Waals surface area contributed by atoms with Gasteiger partial charge >= 0.3 is 0 Å². The van der Waals surface area contributed by atoms with Crippen molar-refractivity contribution >= 4 is 21.8 Å². The van der Waals surface area contributed by atoms with Gasteiger partial charge in [0.1, 0.15) is 5.82 Å². The van der Waals surface area contributed by atoms with Crippen LogP contribution in [0.15, 0.2) is 12.4 Å². The molecule has 0 saturated carbocycles. The Bertz CT molecular complexity index is 341. The molecule has 0 aliphatic rings. The van der Waals surface area contributed by atoms with Gasteiger partial charge in [0, 0.05) is 32.4 Å². The second kappa shape index (κ2) is 4.79. The van der Waals surface area contributed by atoms with Gasteiger partial charge in [-0.1, -0.05) is 15.9 Å². The SMILES string of the molecule is Cn1ccnc1CCNC(=O)C(C)(C)Br. The van der Waals surface area contributed by atoms with E-state index in [1.165, 1.54) is 0 Å². The van der Waals surface area contributed by atoms with E-state index in [-0.39, 0.29) is 5.91 Å². The second-order valence-electron chi connectivity index (χ2n) is 3.93. The summed E-state index contributed by atoms with van der Waals surface area (Å²) < 4.78 is 1.44. The Hall–Kier alpha value is -0.840. The summed E-state index contributed by atoms with van der Waals surface area (Å²) in [6.07, 6.45) is 4.40. The molecule has 0 atom stereocenters. The van der Waals surface area contributed by atoms with Crippen molar-refractivity contribution in [3.63, 3.8) is 0 Å². The van der Waals surface area contributed by atoms with E-state index in [0.717, 1.165) is 12.2 Å². The summed E-state index contributed by atoms with van der Waals surface area (Å²) >= 11 is 3.30. The van der Waals surface area contributed by atoms with Gasteiger partial charge in [0.15, 0.2) is 0 Å². The molecule has 1 aromatic heterocycles. The number of carbonyl (C=O) groups excluding carboxylic acids is 1. The Kier molecular flexibility index (Phi) is 3.90. The number of aromatic nitrogens is 2. The van der Waals surface area contributed by atoms with Gasteiger partial charge in [-0.25, -0.2) is 4.98 Å². The molecule has 1 N–H and O–H groups in total. The maximum absolute atomic E-state index is 11.5. The summed E-state index contributed by atoms with van der Waals surface area (Å²) in [7, 11) is 1.94. The molecule has 0 aliphatic carbocycles. The third-order valence-corrected chi connectivity index (χ3v) is 2.46. The van der Waals surface area contributed by atoms with Crippen LogP contribution < -0.4 is 5.32 Å². The van der Waals surface area contributed by atoms with Gasteiger partial charge in [-0.3, -0.25) is 4.79 Å². The van der Waals surface area contributed by atoms with Crippen molar-refractivity contribution in [2.24, 2.45) is 7.05 Å². The Morgan fingerprint density at radius 1 is 1.67 bits per heavy atom. The van der Waals surface area contributed by atoms with Gasteiger partial charge in [-0.05, 0) is 13.8 Å². The van der Waals surface area contributed by atoms with Crippen molar-refractivity contribution in [1.29, 1.82) is 0 Å². The van der Waals surface area contributed by atoms with Crippen LogP contribution in [-0.4, -0.2) is 26.3 Å². The molecule has 0 aliphatic heterocycles. The molecule has 5 heteroatoms. The van der Waals surface area contributed by atoms with E-state index in [4.69, 9.17) is 0 Å². The molecular weight excluding hydrogens is 258 g/mol. The molecule has 1 aromatic rings. The van der Waals surface area contributed by atoms with Crippen LogP contribution in [0.1, 0.15) is 19.7 Å². The van der Waals surface area contributed by atoms with Crippen LogP contribution in [0.3, 0.4) is 0 Å². The minimum atomic E-state index is -0.505. The predicted octanol–water partition coefficient (Wildman–Crippen LogP) is 1.25. The molecule has 1 amide bonds. The summed E-state index contributed by atoms with van der Waals surface area (Å²) in [6, 6.07) is 0. The molecule has 15 heavy (non-hydrogen) atoms. The summed E-state index contributed by atoms with van der Waals surface area (Å²) in [5, 5.41) is 2.85. The molecule has 0 fully saturated rings. The van der Waals surface area contributed by atoms with Crippen LogP contribution in [0, 0.1) is 0 Å². The lowest BCUT2D eigenvalue weighted by Crippen LogP contribution is -2.38. The largest absolute Gasteiger partial charge is 0.354 e. The lowest BCUT2D eigenvalue weighted by Gasteiger charge is -2.15. The van der Waals surface area contributed by atoms with E-state index in [0.29, 0.717) is 6.54 Å². The Morgan fingerprint density at radius 3 is 2.80 bits per heavy atom. The number of aryl methyl sites for hydroxylation is 1. The zero-order chi connectivity index (χ0) is 11.5. The predicted molar refractivity (Wildman–Crippen MR) is 62.9 cm³/mol. The van der Waals surface area contributed by atoms with Crippen molar-refractivity contribution < 1.29 is 4.79 Å². The molecule has 4 nitrogen and oxygen atoms in total.